The third kappa shape index (κ3) is 2.48. The summed E-state index contributed by atoms with van der Waals surface area (Å²) in [4.78, 5) is 11.0. The molecule has 24 heavy (non-hydrogen) atoms. The van der Waals surface area contributed by atoms with Gasteiger partial charge < -0.3 is 4.90 Å². The highest BCUT2D eigenvalue weighted by atomic mass is 32.2. The molecule has 2 aromatic rings. The van der Waals surface area contributed by atoms with Crippen molar-refractivity contribution >= 4 is 15.8 Å². The summed E-state index contributed by atoms with van der Waals surface area (Å²) in [5.41, 5.74) is 1.98. The standard InChI is InChI=1S/C17H20N4O2S/c1-12-3-5-16(6-4-12)24(22,23)21-14-8-15(21)10-20(9-14)17-7-13(2)18-11-19-17/h3-7,11,14-15H,8-10H2,1-2H3. The predicted octanol–water partition coefficient (Wildman–Crippen LogP) is 1.75. The molecule has 1 aromatic heterocycles. The molecule has 3 fully saturated rings. The number of anilines is 1. The number of hydrogen-bond donors (Lipinski definition) is 0. The number of sulfonamides is 1. The maximum atomic E-state index is 12.9. The Bertz CT molecular complexity index is 854. The Labute approximate surface area is 142 Å². The van der Waals surface area contributed by atoms with Crippen molar-refractivity contribution < 1.29 is 8.42 Å². The maximum absolute atomic E-state index is 12.9. The van der Waals surface area contributed by atoms with E-state index in [1.807, 2.05) is 32.0 Å². The lowest BCUT2D eigenvalue weighted by Gasteiger charge is -2.55. The highest BCUT2D eigenvalue weighted by molar-refractivity contribution is 7.89. The molecule has 0 N–H and O–H groups in total. The lowest BCUT2D eigenvalue weighted by Crippen LogP contribution is -2.70. The molecule has 3 aliphatic heterocycles. The van der Waals surface area contributed by atoms with Crippen LogP contribution in [0.3, 0.4) is 0 Å². The molecule has 3 saturated heterocycles. The molecular formula is C17H20N4O2S. The van der Waals surface area contributed by atoms with Crippen molar-refractivity contribution in [3.63, 3.8) is 0 Å². The highest BCUT2D eigenvalue weighted by Gasteiger charge is 2.51. The van der Waals surface area contributed by atoms with Gasteiger partial charge in [0.2, 0.25) is 10.0 Å². The zero-order chi connectivity index (χ0) is 16.9. The summed E-state index contributed by atoms with van der Waals surface area (Å²) in [6.45, 7) is 5.25. The van der Waals surface area contributed by atoms with Crippen molar-refractivity contribution in [1.82, 2.24) is 14.3 Å². The van der Waals surface area contributed by atoms with Crippen LogP contribution in [0, 0.1) is 13.8 Å². The second-order valence-corrected chi connectivity index (χ2v) is 8.46. The molecule has 1 aromatic carbocycles. The van der Waals surface area contributed by atoms with Gasteiger partial charge in [-0.2, -0.15) is 4.31 Å². The minimum atomic E-state index is -3.42. The molecule has 0 spiro atoms. The van der Waals surface area contributed by atoms with E-state index in [1.54, 1.807) is 22.8 Å². The van der Waals surface area contributed by atoms with Crippen LogP contribution in [0.1, 0.15) is 17.7 Å². The lowest BCUT2D eigenvalue weighted by atomic mass is 9.91. The van der Waals surface area contributed by atoms with Gasteiger partial charge in [-0.1, -0.05) is 17.7 Å². The van der Waals surface area contributed by atoms with Gasteiger partial charge in [0.15, 0.2) is 0 Å². The summed E-state index contributed by atoms with van der Waals surface area (Å²) < 4.78 is 27.5. The van der Waals surface area contributed by atoms with Gasteiger partial charge in [0.1, 0.15) is 12.1 Å². The molecule has 4 heterocycles. The average molecular weight is 344 g/mol. The largest absolute Gasteiger partial charge is 0.353 e. The Hall–Kier alpha value is -1.99. The van der Waals surface area contributed by atoms with Crippen LogP contribution in [0.25, 0.3) is 0 Å². The fourth-order valence-corrected chi connectivity index (χ4v) is 5.41. The number of rotatable bonds is 3. The normalized spacial score (nSPS) is 23.8. The van der Waals surface area contributed by atoms with Gasteiger partial charge >= 0.3 is 0 Å². The number of aromatic nitrogens is 2. The minimum Gasteiger partial charge on any atom is -0.353 e. The van der Waals surface area contributed by atoms with Crippen LogP contribution in [-0.2, 0) is 10.0 Å². The summed E-state index contributed by atoms with van der Waals surface area (Å²) in [6.07, 6.45) is 2.48. The quantitative estimate of drug-likeness (QED) is 0.849. The van der Waals surface area contributed by atoms with Crippen molar-refractivity contribution in [2.75, 3.05) is 18.0 Å². The third-order valence-electron chi connectivity index (χ3n) is 4.84. The third-order valence-corrected chi connectivity index (χ3v) is 6.86. The van der Waals surface area contributed by atoms with Crippen LogP contribution < -0.4 is 4.90 Å². The molecule has 0 aliphatic carbocycles. The molecule has 0 amide bonds. The number of fused-ring (bicyclic) bond motifs is 2. The number of piperazine rings is 1. The second kappa shape index (κ2) is 5.53. The molecular weight excluding hydrogens is 324 g/mol. The molecule has 0 saturated carbocycles. The van der Waals surface area contributed by atoms with E-state index in [-0.39, 0.29) is 12.1 Å². The molecule has 5 rings (SSSR count). The Morgan fingerprint density at radius 3 is 2.33 bits per heavy atom. The number of piperidine rings is 1. The van der Waals surface area contributed by atoms with E-state index in [1.165, 1.54) is 0 Å². The first kappa shape index (κ1) is 15.5. The second-order valence-electron chi connectivity index (χ2n) is 6.61. The van der Waals surface area contributed by atoms with Crippen LogP contribution in [0.4, 0.5) is 5.82 Å². The molecule has 126 valence electrons. The summed E-state index contributed by atoms with van der Waals surface area (Å²) in [7, 11) is -3.42. The first-order valence-electron chi connectivity index (χ1n) is 8.09. The van der Waals surface area contributed by atoms with Gasteiger partial charge in [-0.05, 0) is 32.4 Å². The van der Waals surface area contributed by atoms with Crippen molar-refractivity contribution in [3.8, 4) is 0 Å². The number of nitrogens with zero attached hydrogens (tertiary/aromatic N) is 4. The Balaban J connectivity index is 1.56. The Morgan fingerprint density at radius 1 is 1.04 bits per heavy atom. The van der Waals surface area contributed by atoms with E-state index in [4.69, 9.17) is 0 Å². The maximum Gasteiger partial charge on any atom is 0.243 e. The molecule has 2 unspecified atom stereocenters. The number of benzene rings is 1. The fourth-order valence-electron chi connectivity index (χ4n) is 3.60. The zero-order valence-corrected chi connectivity index (χ0v) is 14.6. The summed E-state index contributed by atoms with van der Waals surface area (Å²) in [5, 5.41) is 0. The van der Waals surface area contributed by atoms with E-state index >= 15 is 0 Å². The van der Waals surface area contributed by atoms with E-state index in [2.05, 4.69) is 14.9 Å². The van der Waals surface area contributed by atoms with Crippen LogP contribution >= 0.6 is 0 Å². The molecule has 7 heteroatoms. The van der Waals surface area contributed by atoms with E-state index in [0.717, 1.165) is 23.5 Å². The molecule has 0 radical (unpaired) electrons. The lowest BCUT2D eigenvalue weighted by molar-refractivity contribution is 0.0874. The smallest absolute Gasteiger partial charge is 0.243 e. The Morgan fingerprint density at radius 2 is 1.71 bits per heavy atom. The average Bonchev–Trinajstić information content (AvgIpc) is 2.55. The molecule has 2 atom stereocenters. The topological polar surface area (TPSA) is 66.4 Å². The van der Waals surface area contributed by atoms with Gasteiger partial charge in [0.05, 0.1) is 4.90 Å². The van der Waals surface area contributed by atoms with Crippen molar-refractivity contribution in [1.29, 1.82) is 0 Å². The first-order chi connectivity index (χ1) is 11.4. The van der Waals surface area contributed by atoms with Crippen molar-refractivity contribution in [2.24, 2.45) is 0 Å². The first-order valence-corrected chi connectivity index (χ1v) is 9.53. The SMILES string of the molecule is Cc1ccc(S(=O)(=O)N2C3CC2CN(c2cc(C)ncn2)C3)cc1. The van der Waals surface area contributed by atoms with Gasteiger partial charge in [-0.15, -0.1) is 0 Å². The molecule has 3 aliphatic rings. The van der Waals surface area contributed by atoms with Crippen LogP contribution in [0.15, 0.2) is 41.6 Å². The van der Waals surface area contributed by atoms with Gasteiger partial charge in [-0.25, -0.2) is 18.4 Å². The fraction of sp³-hybridized carbons (Fsp3) is 0.412. The minimum absolute atomic E-state index is 0.0188. The van der Waals surface area contributed by atoms with Crippen molar-refractivity contribution in [2.45, 2.75) is 37.2 Å². The van der Waals surface area contributed by atoms with E-state index < -0.39 is 10.0 Å². The van der Waals surface area contributed by atoms with Gasteiger partial charge in [-0.3, -0.25) is 0 Å². The Kier molecular flexibility index (Phi) is 3.58. The molecule has 2 bridgehead atoms. The van der Waals surface area contributed by atoms with Gasteiger partial charge in [0, 0.05) is 36.9 Å². The summed E-state index contributed by atoms with van der Waals surface area (Å²) >= 11 is 0. The summed E-state index contributed by atoms with van der Waals surface area (Å²) in [6, 6.07) is 9.07. The van der Waals surface area contributed by atoms with E-state index in [0.29, 0.717) is 18.0 Å². The number of aryl methyl sites for hydroxylation is 2. The van der Waals surface area contributed by atoms with Crippen molar-refractivity contribution in [3.05, 3.63) is 47.9 Å². The van der Waals surface area contributed by atoms with Gasteiger partial charge in [0.25, 0.3) is 0 Å². The summed E-state index contributed by atoms with van der Waals surface area (Å²) in [5.74, 6) is 0.879. The van der Waals surface area contributed by atoms with E-state index in [9.17, 15) is 8.42 Å². The number of hydrogen-bond acceptors (Lipinski definition) is 5. The highest BCUT2D eigenvalue weighted by Crippen LogP contribution is 2.38. The molecule has 6 nitrogen and oxygen atoms in total. The van der Waals surface area contributed by atoms with Crippen LogP contribution in [0.2, 0.25) is 0 Å². The predicted molar refractivity (Wildman–Crippen MR) is 91.4 cm³/mol. The van der Waals surface area contributed by atoms with Crippen LogP contribution in [-0.4, -0.2) is 47.9 Å². The zero-order valence-electron chi connectivity index (χ0n) is 13.8. The monoisotopic (exact) mass is 344 g/mol. The van der Waals surface area contributed by atoms with Crippen LogP contribution in [0.5, 0.6) is 0 Å².